The summed E-state index contributed by atoms with van der Waals surface area (Å²) in [5.74, 6) is 1.70. The first-order valence-corrected chi connectivity index (χ1v) is 6.19. The Hall–Kier alpha value is -0.510. The van der Waals surface area contributed by atoms with E-state index in [1.165, 1.54) is 10.5 Å². The van der Waals surface area contributed by atoms with Crippen molar-refractivity contribution < 1.29 is 9.47 Å². The van der Waals surface area contributed by atoms with E-state index in [9.17, 15) is 0 Å². The third-order valence-electron chi connectivity index (χ3n) is 2.55. The summed E-state index contributed by atoms with van der Waals surface area (Å²) in [6.45, 7) is 2.19. The molecule has 82 valence electrons. The van der Waals surface area contributed by atoms with Gasteiger partial charge in [0.05, 0.1) is 19.8 Å². The number of thioether (sulfide) groups is 1. The first kappa shape index (κ1) is 11.0. The van der Waals surface area contributed by atoms with Gasteiger partial charge in [0.15, 0.2) is 0 Å². The third kappa shape index (κ3) is 2.74. The fraction of sp³-hybridized carbons (Fsp3) is 0.500. The van der Waals surface area contributed by atoms with Crippen LogP contribution in [0.5, 0.6) is 0 Å². The summed E-state index contributed by atoms with van der Waals surface area (Å²) in [5.41, 5.74) is 1.44. The Labute approximate surface area is 95.0 Å². The van der Waals surface area contributed by atoms with Crippen molar-refractivity contribution in [2.24, 2.45) is 0 Å². The zero-order chi connectivity index (χ0) is 10.5. The maximum Gasteiger partial charge on any atom is 0.0700 e. The van der Waals surface area contributed by atoms with E-state index in [2.05, 4.69) is 24.3 Å². The van der Waals surface area contributed by atoms with Gasteiger partial charge in [0.25, 0.3) is 0 Å². The summed E-state index contributed by atoms with van der Waals surface area (Å²) in [6, 6.07) is 8.60. The predicted molar refractivity (Wildman–Crippen MR) is 62.6 cm³/mol. The quantitative estimate of drug-likeness (QED) is 0.716. The average Bonchev–Trinajstić information content (AvgIpc) is 2.68. The highest BCUT2D eigenvalue weighted by molar-refractivity contribution is 7.99. The van der Waals surface area contributed by atoms with Crippen molar-refractivity contribution in [3.8, 4) is 0 Å². The minimum atomic E-state index is 0.558. The van der Waals surface area contributed by atoms with Crippen LogP contribution in [-0.2, 0) is 9.47 Å². The Morgan fingerprint density at radius 3 is 3.07 bits per heavy atom. The first-order chi connectivity index (χ1) is 7.42. The molecule has 3 heteroatoms. The number of ether oxygens (including phenoxy) is 2. The van der Waals surface area contributed by atoms with E-state index in [-0.39, 0.29) is 0 Å². The van der Waals surface area contributed by atoms with Crippen molar-refractivity contribution in [3.05, 3.63) is 29.8 Å². The molecule has 0 N–H and O–H groups in total. The van der Waals surface area contributed by atoms with Gasteiger partial charge >= 0.3 is 0 Å². The van der Waals surface area contributed by atoms with E-state index < -0.39 is 0 Å². The Bertz CT molecular complexity index is 314. The molecule has 1 aliphatic heterocycles. The third-order valence-corrected chi connectivity index (χ3v) is 3.80. The van der Waals surface area contributed by atoms with Crippen molar-refractivity contribution >= 4 is 11.8 Å². The molecule has 1 atom stereocenters. The Kier molecular flexibility index (Phi) is 4.06. The molecule has 1 aromatic carbocycles. The molecule has 0 amide bonds. The number of benzene rings is 1. The fourth-order valence-corrected chi connectivity index (χ4v) is 2.97. The predicted octanol–water partition coefficient (Wildman–Crippen LogP) is 2.54. The van der Waals surface area contributed by atoms with Gasteiger partial charge in [-0.1, -0.05) is 18.2 Å². The van der Waals surface area contributed by atoms with E-state index in [4.69, 9.17) is 9.47 Å². The van der Waals surface area contributed by atoms with E-state index in [0.29, 0.717) is 19.1 Å². The molecule has 2 nitrogen and oxygen atoms in total. The summed E-state index contributed by atoms with van der Waals surface area (Å²) >= 11 is 1.93. The monoisotopic (exact) mass is 224 g/mol. The van der Waals surface area contributed by atoms with Crippen LogP contribution >= 0.6 is 11.8 Å². The molecule has 2 rings (SSSR count). The Morgan fingerprint density at radius 1 is 1.33 bits per heavy atom. The molecule has 0 fully saturated rings. The smallest absolute Gasteiger partial charge is 0.0700 e. The van der Waals surface area contributed by atoms with Gasteiger partial charge in [0.2, 0.25) is 0 Å². The van der Waals surface area contributed by atoms with E-state index in [0.717, 1.165) is 12.4 Å². The van der Waals surface area contributed by atoms with E-state index in [1.54, 1.807) is 7.11 Å². The lowest BCUT2D eigenvalue weighted by Crippen LogP contribution is -2.10. The topological polar surface area (TPSA) is 18.5 Å². The van der Waals surface area contributed by atoms with Gasteiger partial charge in [0.1, 0.15) is 0 Å². The molecule has 0 saturated heterocycles. The molecule has 0 bridgehead atoms. The van der Waals surface area contributed by atoms with Crippen molar-refractivity contribution in [3.63, 3.8) is 0 Å². The van der Waals surface area contributed by atoms with Crippen LogP contribution in [0.2, 0.25) is 0 Å². The summed E-state index contributed by atoms with van der Waals surface area (Å²) < 4.78 is 10.5. The second-order valence-corrected chi connectivity index (χ2v) is 4.68. The van der Waals surface area contributed by atoms with Gasteiger partial charge in [0, 0.05) is 23.7 Å². The lowest BCUT2D eigenvalue weighted by molar-refractivity contribution is 0.0655. The van der Waals surface area contributed by atoms with Crippen LogP contribution in [0.4, 0.5) is 0 Å². The minimum Gasteiger partial charge on any atom is -0.382 e. The molecule has 0 aromatic heterocycles. The van der Waals surface area contributed by atoms with Crippen molar-refractivity contribution in [2.75, 3.05) is 32.7 Å². The van der Waals surface area contributed by atoms with Crippen molar-refractivity contribution in [1.82, 2.24) is 0 Å². The van der Waals surface area contributed by atoms with Gasteiger partial charge in [-0.2, -0.15) is 0 Å². The van der Waals surface area contributed by atoms with Crippen LogP contribution in [0, 0.1) is 0 Å². The maximum absolute atomic E-state index is 5.58. The second-order valence-electron chi connectivity index (χ2n) is 3.61. The number of hydrogen-bond donors (Lipinski definition) is 0. The summed E-state index contributed by atoms with van der Waals surface area (Å²) in [6.07, 6.45) is 0. The molecule has 15 heavy (non-hydrogen) atoms. The molecule has 0 spiro atoms. The SMILES string of the molecule is COCCOCC1CSc2ccccc21. The standard InChI is InChI=1S/C12H16O2S/c1-13-6-7-14-8-10-9-15-12-5-3-2-4-11(10)12/h2-5,10H,6-9H2,1H3. The normalized spacial score (nSPS) is 19.1. The molecule has 0 aliphatic carbocycles. The molecule has 1 heterocycles. The zero-order valence-corrected chi connectivity index (χ0v) is 9.76. The van der Waals surface area contributed by atoms with E-state index >= 15 is 0 Å². The van der Waals surface area contributed by atoms with Crippen LogP contribution in [0.15, 0.2) is 29.2 Å². The van der Waals surface area contributed by atoms with Crippen LogP contribution in [-0.4, -0.2) is 32.7 Å². The fourth-order valence-electron chi connectivity index (χ4n) is 1.74. The highest BCUT2D eigenvalue weighted by Crippen LogP contribution is 2.39. The number of hydrogen-bond acceptors (Lipinski definition) is 3. The molecule has 1 aliphatic rings. The van der Waals surface area contributed by atoms with Crippen molar-refractivity contribution in [1.29, 1.82) is 0 Å². The Morgan fingerprint density at radius 2 is 2.20 bits per heavy atom. The van der Waals surface area contributed by atoms with Crippen LogP contribution in [0.3, 0.4) is 0 Å². The zero-order valence-electron chi connectivity index (χ0n) is 8.94. The van der Waals surface area contributed by atoms with Crippen LogP contribution < -0.4 is 0 Å². The van der Waals surface area contributed by atoms with Gasteiger partial charge in [-0.05, 0) is 11.6 Å². The summed E-state index contributed by atoms with van der Waals surface area (Å²) in [5, 5.41) is 0. The minimum absolute atomic E-state index is 0.558. The molecule has 0 saturated carbocycles. The van der Waals surface area contributed by atoms with Crippen molar-refractivity contribution in [2.45, 2.75) is 10.8 Å². The Balaban J connectivity index is 1.85. The number of fused-ring (bicyclic) bond motifs is 1. The molecular formula is C12H16O2S. The number of rotatable bonds is 5. The van der Waals surface area contributed by atoms with Gasteiger partial charge in [-0.3, -0.25) is 0 Å². The summed E-state index contributed by atoms with van der Waals surface area (Å²) in [7, 11) is 1.70. The highest BCUT2D eigenvalue weighted by Gasteiger charge is 2.22. The first-order valence-electron chi connectivity index (χ1n) is 5.20. The molecular weight excluding hydrogens is 208 g/mol. The average molecular weight is 224 g/mol. The second kappa shape index (κ2) is 5.54. The highest BCUT2D eigenvalue weighted by atomic mass is 32.2. The molecule has 0 radical (unpaired) electrons. The summed E-state index contributed by atoms with van der Waals surface area (Å²) in [4.78, 5) is 1.41. The van der Waals surface area contributed by atoms with Gasteiger partial charge < -0.3 is 9.47 Å². The lowest BCUT2D eigenvalue weighted by atomic mass is 10.0. The lowest BCUT2D eigenvalue weighted by Gasteiger charge is -2.10. The van der Waals surface area contributed by atoms with E-state index in [1.807, 2.05) is 11.8 Å². The van der Waals surface area contributed by atoms with Gasteiger partial charge in [-0.15, -0.1) is 11.8 Å². The largest absolute Gasteiger partial charge is 0.382 e. The molecule has 1 aromatic rings. The number of methoxy groups -OCH3 is 1. The van der Waals surface area contributed by atoms with Gasteiger partial charge in [-0.25, -0.2) is 0 Å². The maximum atomic E-state index is 5.58. The van der Waals surface area contributed by atoms with Crippen LogP contribution in [0.1, 0.15) is 11.5 Å². The molecule has 1 unspecified atom stereocenters. The van der Waals surface area contributed by atoms with Crippen LogP contribution in [0.25, 0.3) is 0 Å².